The molecule has 0 bridgehead atoms. The SMILES string of the molecule is CCCCO/N=C1\C=C\CC/C=C/CCOC(=O)c2c(O)cc(O)c(C3CCCCO3)c2C1. The minimum absolute atomic E-state index is 0.0488. The van der Waals surface area contributed by atoms with E-state index in [1.165, 1.54) is 6.07 Å². The molecule has 1 saturated heterocycles. The van der Waals surface area contributed by atoms with Crippen LogP contribution in [0, 0.1) is 0 Å². The molecule has 1 atom stereocenters. The number of ether oxygens (including phenoxy) is 2. The van der Waals surface area contributed by atoms with Gasteiger partial charge in [-0.1, -0.05) is 36.7 Å². The summed E-state index contributed by atoms with van der Waals surface area (Å²) < 4.78 is 11.4. The Morgan fingerprint density at radius 1 is 1.09 bits per heavy atom. The fourth-order valence-electron chi connectivity index (χ4n) is 4.04. The van der Waals surface area contributed by atoms with Gasteiger partial charge in [-0.05, 0) is 56.6 Å². The molecule has 2 aliphatic heterocycles. The first kappa shape index (κ1) is 24.8. The molecule has 2 heterocycles. The van der Waals surface area contributed by atoms with Gasteiger partial charge in [-0.3, -0.25) is 0 Å². The van der Waals surface area contributed by atoms with E-state index in [1.807, 2.05) is 18.2 Å². The fourth-order valence-corrected chi connectivity index (χ4v) is 4.04. The molecule has 2 N–H and O–H groups in total. The Labute approximate surface area is 195 Å². The second-order valence-corrected chi connectivity index (χ2v) is 8.36. The largest absolute Gasteiger partial charge is 0.507 e. The van der Waals surface area contributed by atoms with Gasteiger partial charge < -0.3 is 24.5 Å². The maximum absolute atomic E-state index is 13.0. The highest BCUT2D eigenvalue weighted by atomic mass is 16.6. The van der Waals surface area contributed by atoms with E-state index in [0.29, 0.717) is 36.5 Å². The Balaban J connectivity index is 2.07. The lowest BCUT2D eigenvalue weighted by Crippen LogP contribution is -2.19. The molecule has 2 aliphatic rings. The molecule has 7 heteroatoms. The minimum atomic E-state index is -0.625. The smallest absolute Gasteiger partial charge is 0.342 e. The molecular formula is C26H35NO6. The van der Waals surface area contributed by atoms with Gasteiger partial charge in [0.25, 0.3) is 0 Å². The number of hydrogen-bond acceptors (Lipinski definition) is 7. The number of carbonyl (C=O) groups is 1. The van der Waals surface area contributed by atoms with Gasteiger partial charge in [0.1, 0.15) is 23.7 Å². The molecule has 0 spiro atoms. The van der Waals surface area contributed by atoms with E-state index < -0.39 is 5.97 Å². The van der Waals surface area contributed by atoms with Crippen molar-refractivity contribution in [3.63, 3.8) is 0 Å². The summed E-state index contributed by atoms with van der Waals surface area (Å²) >= 11 is 0. The number of cyclic esters (lactones) is 1. The molecule has 1 fully saturated rings. The van der Waals surface area contributed by atoms with Crippen LogP contribution in [0.5, 0.6) is 11.5 Å². The van der Waals surface area contributed by atoms with Crippen molar-refractivity contribution in [2.75, 3.05) is 19.8 Å². The van der Waals surface area contributed by atoms with Crippen LogP contribution in [-0.4, -0.2) is 41.7 Å². The predicted octanol–water partition coefficient (Wildman–Crippen LogP) is 5.51. The Morgan fingerprint density at radius 3 is 2.70 bits per heavy atom. The number of oxime groups is 1. The third-order valence-corrected chi connectivity index (χ3v) is 5.76. The molecule has 0 aromatic heterocycles. The minimum Gasteiger partial charge on any atom is -0.507 e. The number of fused-ring (bicyclic) bond motifs is 1. The van der Waals surface area contributed by atoms with Crippen molar-refractivity contribution >= 4 is 11.7 Å². The molecule has 0 saturated carbocycles. The van der Waals surface area contributed by atoms with E-state index in [0.717, 1.165) is 44.9 Å². The van der Waals surface area contributed by atoms with Crippen LogP contribution in [-0.2, 0) is 20.7 Å². The maximum atomic E-state index is 13.0. The van der Waals surface area contributed by atoms with Crippen molar-refractivity contribution in [2.45, 2.75) is 70.8 Å². The monoisotopic (exact) mass is 457 g/mol. The summed E-state index contributed by atoms with van der Waals surface area (Å²) in [6, 6.07) is 1.21. The molecule has 1 aromatic rings. The molecular weight excluding hydrogens is 422 g/mol. The van der Waals surface area contributed by atoms with Crippen molar-refractivity contribution < 1.29 is 29.3 Å². The molecule has 0 aliphatic carbocycles. The van der Waals surface area contributed by atoms with Crippen molar-refractivity contribution in [2.24, 2.45) is 5.16 Å². The fraction of sp³-hybridized carbons (Fsp3) is 0.538. The highest BCUT2D eigenvalue weighted by Crippen LogP contribution is 2.41. The number of phenolic OH excluding ortho intramolecular Hbond substituents is 2. The van der Waals surface area contributed by atoms with Crippen LogP contribution in [0.3, 0.4) is 0 Å². The quantitative estimate of drug-likeness (QED) is 0.262. The van der Waals surface area contributed by atoms with Gasteiger partial charge in [-0.25, -0.2) is 4.79 Å². The molecule has 1 aromatic carbocycles. The van der Waals surface area contributed by atoms with Crippen molar-refractivity contribution in [3.05, 3.63) is 47.1 Å². The lowest BCUT2D eigenvalue weighted by atomic mass is 9.88. The van der Waals surface area contributed by atoms with E-state index in [9.17, 15) is 15.0 Å². The second kappa shape index (κ2) is 13.0. The summed E-state index contributed by atoms with van der Waals surface area (Å²) in [6.45, 7) is 3.36. The van der Waals surface area contributed by atoms with Crippen LogP contribution in [0.4, 0.5) is 0 Å². The highest BCUT2D eigenvalue weighted by molar-refractivity contribution is 6.01. The number of carbonyl (C=O) groups excluding carboxylic acids is 1. The molecule has 0 amide bonds. The van der Waals surface area contributed by atoms with Gasteiger partial charge in [0.15, 0.2) is 0 Å². The summed E-state index contributed by atoms with van der Waals surface area (Å²) in [5, 5.41) is 25.8. The van der Waals surface area contributed by atoms with E-state index in [1.54, 1.807) is 0 Å². The van der Waals surface area contributed by atoms with Crippen LogP contribution in [0.15, 0.2) is 35.5 Å². The van der Waals surface area contributed by atoms with Gasteiger partial charge in [-0.2, -0.15) is 0 Å². The molecule has 7 nitrogen and oxygen atoms in total. The molecule has 3 rings (SSSR count). The Kier molecular flexibility index (Phi) is 9.81. The first-order valence-corrected chi connectivity index (χ1v) is 12.0. The highest BCUT2D eigenvalue weighted by Gasteiger charge is 2.30. The van der Waals surface area contributed by atoms with E-state index in [4.69, 9.17) is 14.3 Å². The average Bonchev–Trinajstić information content (AvgIpc) is 2.80. The summed E-state index contributed by atoms with van der Waals surface area (Å²) in [5.74, 6) is -1.03. The first-order valence-electron chi connectivity index (χ1n) is 12.0. The van der Waals surface area contributed by atoms with E-state index >= 15 is 0 Å². The number of phenols is 2. The Hall–Kier alpha value is -2.80. The van der Waals surface area contributed by atoms with Crippen molar-refractivity contribution in [3.8, 4) is 11.5 Å². The normalized spacial score (nSPS) is 23.2. The summed E-state index contributed by atoms with van der Waals surface area (Å²) in [6.07, 6.45) is 14.6. The number of allylic oxidation sites excluding steroid dienone is 3. The summed E-state index contributed by atoms with van der Waals surface area (Å²) in [5.41, 5.74) is 1.64. The Morgan fingerprint density at radius 2 is 1.91 bits per heavy atom. The van der Waals surface area contributed by atoms with E-state index in [-0.39, 0.29) is 36.2 Å². The zero-order valence-corrected chi connectivity index (χ0v) is 19.4. The number of rotatable bonds is 5. The number of aromatic hydroxyl groups is 2. The third-order valence-electron chi connectivity index (χ3n) is 5.76. The topological polar surface area (TPSA) is 97.6 Å². The summed E-state index contributed by atoms with van der Waals surface area (Å²) in [7, 11) is 0. The van der Waals surface area contributed by atoms with Gasteiger partial charge >= 0.3 is 5.97 Å². The number of unbranched alkanes of at least 4 members (excludes halogenated alkanes) is 1. The predicted molar refractivity (Wildman–Crippen MR) is 127 cm³/mol. The zero-order valence-electron chi connectivity index (χ0n) is 19.4. The zero-order chi connectivity index (χ0) is 23.5. The number of esters is 1. The molecule has 180 valence electrons. The standard InChI is InChI=1S/C26H35NO6/c1-2-3-16-33-27-19-12-8-6-4-5-7-10-15-32-26(30)25-20(17-19)24(21(28)18-22(25)29)23-13-9-11-14-31-23/h5,7-8,12,18,23,28-29H,2-4,6,9-11,13-17H2,1H3/b7-5+,12-8+,27-19+. The first-order chi connectivity index (χ1) is 16.1. The number of hydrogen-bond donors (Lipinski definition) is 2. The summed E-state index contributed by atoms with van der Waals surface area (Å²) in [4.78, 5) is 18.6. The molecule has 0 radical (unpaired) electrons. The van der Waals surface area contributed by atoms with E-state index in [2.05, 4.69) is 18.2 Å². The molecule has 1 unspecified atom stereocenters. The average molecular weight is 458 g/mol. The lowest BCUT2D eigenvalue weighted by Gasteiger charge is -2.27. The number of nitrogens with zero attached hydrogens (tertiary/aromatic N) is 1. The van der Waals surface area contributed by atoms with Gasteiger partial charge in [0.2, 0.25) is 0 Å². The van der Waals surface area contributed by atoms with Crippen molar-refractivity contribution in [1.82, 2.24) is 0 Å². The lowest BCUT2D eigenvalue weighted by molar-refractivity contribution is 0.0130. The van der Waals surface area contributed by atoms with Crippen LogP contribution < -0.4 is 0 Å². The van der Waals surface area contributed by atoms with Crippen LogP contribution in [0.2, 0.25) is 0 Å². The number of benzene rings is 1. The molecule has 33 heavy (non-hydrogen) atoms. The third kappa shape index (κ3) is 7.09. The van der Waals surface area contributed by atoms with Crippen LogP contribution in [0.25, 0.3) is 0 Å². The van der Waals surface area contributed by atoms with Crippen LogP contribution >= 0.6 is 0 Å². The second-order valence-electron chi connectivity index (χ2n) is 8.36. The Bertz CT molecular complexity index is 883. The maximum Gasteiger partial charge on any atom is 0.342 e. The van der Waals surface area contributed by atoms with Gasteiger partial charge in [0.05, 0.1) is 18.4 Å². The van der Waals surface area contributed by atoms with Crippen LogP contribution in [0.1, 0.15) is 85.9 Å². The van der Waals surface area contributed by atoms with Gasteiger partial charge in [-0.15, -0.1) is 0 Å². The van der Waals surface area contributed by atoms with Gasteiger partial charge in [0, 0.05) is 24.7 Å². The van der Waals surface area contributed by atoms with Crippen molar-refractivity contribution in [1.29, 1.82) is 0 Å².